The fourth-order valence-electron chi connectivity index (χ4n) is 1.99. The highest BCUT2D eigenvalue weighted by molar-refractivity contribution is 6.04. The summed E-state index contributed by atoms with van der Waals surface area (Å²) in [7, 11) is 0. The van der Waals surface area contributed by atoms with Crippen LogP contribution in [0.15, 0.2) is 50.4 Å². The molecule has 0 aliphatic rings. The van der Waals surface area contributed by atoms with Gasteiger partial charge < -0.3 is 14.7 Å². The first-order valence-corrected chi connectivity index (χ1v) is 6.46. The summed E-state index contributed by atoms with van der Waals surface area (Å²) in [6.45, 7) is 1.58. The minimum atomic E-state index is -0.769. The Bertz CT molecular complexity index is 973. The number of carbonyl (C=O) groups excluding carboxylic acids is 1. The van der Waals surface area contributed by atoms with Crippen LogP contribution in [0.4, 0.5) is 5.69 Å². The first-order valence-electron chi connectivity index (χ1n) is 6.46. The molecule has 0 aliphatic carbocycles. The number of aryl methyl sites for hydroxylation is 1. The van der Waals surface area contributed by atoms with E-state index < -0.39 is 17.1 Å². The molecule has 1 aromatic carbocycles. The second-order valence-corrected chi connectivity index (χ2v) is 4.64. The van der Waals surface area contributed by atoms with Crippen LogP contribution in [0.25, 0.3) is 11.1 Å². The van der Waals surface area contributed by atoms with Crippen molar-refractivity contribution in [1.82, 2.24) is 9.97 Å². The summed E-state index contributed by atoms with van der Waals surface area (Å²) in [4.78, 5) is 42.2. The lowest BCUT2D eigenvalue weighted by Gasteiger charge is -2.04. The first-order chi connectivity index (χ1) is 10.5. The zero-order valence-corrected chi connectivity index (χ0v) is 11.5. The van der Waals surface area contributed by atoms with Gasteiger partial charge in [0, 0.05) is 5.56 Å². The van der Waals surface area contributed by atoms with Gasteiger partial charge in [0.15, 0.2) is 0 Å². The van der Waals surface area contributed by atoms with Gasteiger partial charge in [0.25, 0.3) is 11.5 Å². The molecule has 1 amide bonds. The van der Waals surface area contributed by atoms with E-state index in [-0.39, 0.29) is 16.8 Å². The molecular weight excluding hydrogens is 286 g/mol. The number of nitrogens with zero attached hydrogens (tertiary/aromatic N) is 1. The van der Waals surface area contributed by atoms with E-state index in [1.807, 2.05) is 0 Å². The summed E-state index contributed by atoms with van der Waals surface area (Å²) < 4.78 is 4.99. The second-order valence-electron chi connectivity index (χ2n) is 4.64. The molecule has 22 heavy (non-hydrogen) atoms. The van der Waals surface area contributed by atoms with Gasteiger partial charge in [0.05, 0.1) is 0 Å². The summed E-state index contributed by atoms with van der Waals surface area (Å²) in [5, 5.41) is 2.53. The van der Waals surface area contributed by atoms with Gasteiger partial charge in [-0.05, 0) is 25.1 Å². The third-order valence-corrected chi connectivity index (χ3v) is 3.02. The third-order valence-electron chi connectivity index (χ3n) is 3.02. The van der Waals surface area contributed by atoms with E-state index in [9.17, 15) is 14.4 Å². The zero-order valence-electron chi connectivity index (χ0n) is 11.5. The number of fused-ring (bicyclic) bond motifs is 1. The minimum absolute atomic E-state index is 0.0658. The SMILES string of the molecule is Cc1nc2oc(=O)c(NC(=O)c3ccccc3)cc2c(=O)[nH]1. The highest BCUT2D eigenvalue weighted by Crippen LogP contribution is 2.11. The van der Waals surface area contributed by atoms with E-state index in [0.717, 1.165) is 0 Å². The fourth-order valence-corrected chi connectivity index (χ4v) is 1.99. The molecule has 7 nitrogen and oxygen atoms in total. The molecule has 0 saturated carbocycles. The largest absolute Gasteiger partial charge is 0.402 e. The molecular formula is C15H11N3O4. The maximum atomic E-state index is 12.0. The Morgan fingerprint density at radius 1 is 1.23 bits per heavy atom. The van der Waals surface area contributed by atoms with Gasteiger partial charge in [0.2, 0.25) is 5.71 Å². The van der Waals surface area contributed by atoms with Gasteiger partial charge in [-0.25, -0.2) is 4.79 Å². The van der Waals surface area contributed by atoms with E-state index in [1.54, 1.807) is 37.3 Å². The minimum Gasteiger partial charge on any atom is -0.402 e. The molecule has 0 aliphatic heterocycles. The zero-order chi connectivity index (χ0) is 15.7. The molecule has 0 unspecified atom stereocenters. The molecule has 3 rings (SSSR count). The van der Waals surface area contributed by atoms with Crippen molar-refractivity contribution in [1.29, 1.82) is 0 Å². The van der Waals surface area contributed by atoms with Crippen LogP contribution in [-0.2, 0) is 0 Å². The van der Waals surface area contributed by atoms with E-state index >= 15 is 0 Å². The molecule has 110 valence electrons. The second kappa shape index (κ2) is 5.28. The van der Waals surface area contributed by atoms with Crippen LogP contribution in [0.5, 0.6) is 0 Å². The van der Waals surface area contributed by atoms with Crippen molar-refractivity contribution in [3.8, 4) is 0 Å². The number of rotatable bonds is 2. The van der Waals surface area contributed by atoms with Crippen LogP contribution in [-0.4, -0.2) is 15.9 Å². The normalized spacial score (nSPS) is 10.6. The van der Waals surface area contributed by atoms with Gasteiger partial charge in [-0.2, -0.15) is 4.98 Å². The van der Waals surface area contributed by atoms with Crippen molar-refractivity contribution in [3.05, 3.63) is 68.6 Å². The standard InChI is InChI=1S/C15H11N3O4/c1-8-16-13(20)10-7-11(15(21)22-14(10)17-8)18-12(19)9-5-3-2-4-6-9/h2-7H,1H3,(H,18,19)(H,16,17,20). The summed E-state index contributed by atoms with van der Waals surface area (Å²) in [5.74, 6) is -0.134. The van der Waals surface area contributed by atoms with Crippen molar-refractivity contribution in [2.24, 2.45) is 0 Å². The van der Waals surface area contributed by atoms with Gasteiger partial charge in [-0.3, -0.25) is 9.59 Å². The van der Waals surface area contributed by atoms with E-state index in [4.69, 9.17) is 4.42 Å². The molecule has 0 radical (unpaired) electrons. The predicted octanol–water partition coefficient (Wildman–Crippen LogP) is 1.44. The fraction of sp³-hybridized carbons (Fsp3) is 0.0667. The molecule has 3 aromatic rings. The Morgan fingerprint density at radius 3 is 2.68 bits per heavy atom. The van der Waals surface area contributed by atoms with Crippen LogP contribution in [0.1, 0.15) is 16.2 Å². The number of hydrogen-bond donors (Lipinski definition) is 2. The molecule has 0 spiro atoms. The van der Waals surface area contributed by atoms with Crippen molar-refractivity contribution >= 4 is 22.7 Å². The van der Waals surface area contributed by atoms with Crippen molar-refractivity contribution in [2.45, 2.75) is 6.92 Å². The molecule has 0 atom stereocenters. The Labute approximate surface area is 123 Å². The Balaban J connectivity index is 2.05. The average molecular weight is 297 g/mol. The quantitative estimate of drug-likeness (QED) is 0.744. The molecule has 2 aromatic heterocycles. The number of anilines is 1. The number of H-pyrrole nitrogens is 1. The number of carbonyl (C=O) groups is 1. The van der Waals surface area contributed by atoms with Crippen molar-refractivity contribution < 1.29 is 9.21 Å². The Kier molecular flexibility index (Phi) is 3.30. The molecule has 0 saturated heterocycles. The highest BCUT2D eigenvalue weighted by atomic mass is 16.4. The van der Waals surface area contributed by atoms with Crippen LogP contribution in [0.2, 0.25) is 0 Å². The number of amides is 1. The van der Waals surface area contributed by atoms with E-state index in [2.05, 4.69) is 15.3 Å². The van der Waals surface area contributed by atoms with Gasteiger partial charge >= 0.3 is 5.63 Å². The van der Waals surface area contributed by atoms with Gasteiger partial charge in [-0.1, -0.05) is 18.2 Å². The van der Waals surface area contributed by atoms with Gasteiger partial charge in [0.1, 0.15) is 16.9 Å². The Hall–Kier alpha value is -3.22. The van der Waals surface area contributed by atoms with Crippen molar-refractivity contribution in [3.63, 3.8) is 0 Å². The van der Waals surface area contributed by atoms with Gasteiger partial charge in [-0.15, -0.1) is 0 Å². The number of benzene rings is 1. The average Bonchev–Trinajstić information content (AvgIpc) is 2.49. The number of nitrogens with one attached hydrogen (secondary N) is 2. The molecule has 0 bridgehead atoms. The summed E-state index contributed by atoms with van der Waals surface area (Å²) in [5.41, 5.74) is -1.00. The lowest BCUT2D eigenvalue weighted by Crippen LogP contribution is -2.19. The maximum absolute atomic E-state index is 12.0. The van der Waals surface area contributed by atoms with E-state index in [1.165, 1.54) is 6.07 Å². The smallest absolute Gasteiger partial charge is 0.361 e. The highest BCUT2D eigenvalue weighted by Gasteiger charge is 2.13. The summed E-state index contributed by atoms with van der Waals surface area (Å²) in [6, 6.07) is 9.65. The molecule has 7 heteroatoms. The monoisotopic (exact) mass is 297 g/mol. The molecule has 0 fully saturated rings. The van der Waals surface area contributed by atoms with E-state index in [0.29, 0.717) is 11.4 Å². The van der Waals surface area contributed by atoms with Crippen molar-refractivity contribution in [2.75, 3.05) is 5.32 Å². The van der Waals surface area contributed by atoms with Crippen LogP contribution < -0.4 is 16.5 Å². The topological polar surface area (TPSA) is 105 Å². The molecule has 2 N–H and O–H groups in total. The number of aromatic amines is 1. The molecule has 2 heterocycles. The summed E-state index contributed by atoms with van der Waals surface area (Å²) in [6.07, 6.45) is 0. The predicted molar refractivity (Wildman–Crippen MR) is 80.0 cm³/mol. The third kappa shape index (κ3) is 2.51. The Morgan fingerprint density at radius 2 is 1.95 bits per heavy atom. The first kappa shape index (κ1) is 13.7. The number of hydrogen-bond acceptors (Lipinski definition) is 5. The van der Waals surface area contributed by atoms with Crippen LogP contribution >= 0.6 is 0 Å². The lowest BCUT2D eigenvalue weighted by atomic mass is 10.2. The maximum Gasteiger partial charge on any atom is 0.361 e. The lowest BCUT2D eigenvalue weighted by molar-refractivity contribution is 0.102. The van der Waals surface area contributed by atoms with Crippen LogP contribution in [0.3, 0.4) is 0 Å². The number of aromatic nitrogens is 2. The van der Waals surface area contributed by atoms with Crippen LogP contribution in [0, 0.1) is 6.92 Å². The summed E-state index contributed by atoms with van der Waals surface area (Å²) >= 11 is 0.